The number of carbonyl (C=O) groups excluding carboxylic acids is 1. The summed E-state index contributed by atoms with van der Waals surface area (Å²) in [5.74, 6) is 0.725. The number of carbonyl (C=O) groups is 1. The van der Waals surface area contributed by atoms with Crippen molar-refractivity contribution in [3.63, 3.8) is 0 Å². The van der Waals surface area contributed by atoms with E-state index in [0.717, 1.165) is 28.1 Å². The third kappa shape index (κ3) is 2.90. The Hall–Kier alpha value is -2.89. The molecule has 2 amide bonds. The number of anilines is 1. The molecular weight excluding hydrogens is 278 g/mol. The number of aromatic nitrogens is 3. The van der Waals surface area contributed by atoms with E-state index in [0.29, 0.717) is 0 Å². The molecule has 3 rings (SSSR count). The minimum Gasteiger partial charge on any atom is -0.340 e. The molecule has 0 saturated heterocycles. The largest absolute Gasteiger partial charge is 0.340 e. The summed E-state index contributed by atoms with van der Waals surface area (Å²) in [6.07, 6.45) is 3.35. The average molecular weight is 295 g/mol. The van der Waals surface area contributed by atoms with Gasteiger partial charge in [0.2, 0.25) is 0 Å². The first-order chi connectivity index (χ1) is 10.6. The molecular formula is C16H17N5O. The maximum atomic E-state index is 12.1. The zero-order valence-corrected chi connectivity index (χ0v) is 12.4. The van der Waals surface area contributed by atoms with Gasteiger partial charge in [-0.25, -0.2) is 9.78 Å². The zero-order chi connectivity index (χ0) is 15.5. The summed E-state index contributed by atoms with van der Waals surface area (Å²) in [5.41, 5.74) is 3.49. The number of imidazole rings is 1. The lowest BCUT2D eigenvalue weighted by Gasteiger charge is -2.13. The number of amides is 2. The Morgan fingerprint density at radius 3 is 2.86 bits per heavy atom. The van der Waals surface area contributed by atoms with Crippen molar-refractivity contribution < 1.29 is 4.79 Å². The van der Waals surface area contributed by atoms with Crippen LogP contribution in [0.2, 0.25) is 0 Å². The number of benzene rings is 1. The third-order valence-corrected chi connectivity index (χ3v) is 3.43. The lowest BCUT2D eigenvalue weighted by Crippen LogP contribution is -2.31. The Bertz CT molecular complexity index is 778. The summed E-state index contributed by atoms with van der Waals surface area (Å²) in [5, 5.41) is 5.68. The molecule has 1 atom stereocenters. The molecule has 0 aliphatic carbocycles. The number of aromatic amines is 1. The van der Waals surface area contributed by atoms with Crippen LogP contribution in [0, 0.1) is 6.92 Å². The van der Waals surface area contributed by atoms with Gasteiger partial charge in [-0.1, -0.05) is 12.1 Å². The molecule has 0 bridgehead atoms. The van der Waals surface area contributed by atoms with E-state index in [4.69, 9.17) is 0 Å². The van der Waals surface area contributed by atoms with Gasteiger partial charge in [-0.3, -0.25) is 4.98 Å². The summed E-state index contributed by atoms with van der Waals surface area (Å²) in [6, 6.07) is 9.03. The van der Waals surface area contributed by atoms with E-state index >= 15 is 0 Å². The van der Waals surface area contributed by atoms with Gasteiger partial charge in [-0.05, 0) is 37.6 Å². The number of hydrogen-bond donors (Lipinski definition) is 3. The number of pyridine rings is 1. The highest BCUT2D eigenvalue weighted by atomic mass is 16.2. The van der Waals surface area contributed by atoms with Crippen LogP contribution in [0.4, 0.5) is 10.5 Å². The zero-order valence-electron chi connectivity index (χ0n) is 12.4. The molecule has 0 radical (unpaired) electrons. The predicted molar refractivity (Wildman–Crippen MR) is 85.6 cm³/mol. The molecule has 3 N–H and O–H groups in total. The second-order valence-corrected chi connectivity index (χ2v) is 5.15. The second kappa shape index (κ2) is 5.85. The van der Waals surface area contributed by atoms with Crippen molar-refractivity contribution in [2.24, 2.45) is 0 Å². The molecule has 0 aliphatic heterocycles. The van der Waals surface area contributed by atoms with Gasteiger partial charge in [0.05, 0.1) is 17.1 Å². The van der Waals surface area contributed by atoms with E-state index < -0.39 is 0 Å². The quantitative estimate of drug-likeness (QED) is 0.694. The van der Waals surface area contributed by atoms with Gasteiger partial charge in [0.1, 0.15) is 5.82 Å². The van der Waals surface area contributed by atoms with Crippen LogP contribution < -0.4 is 10.6 Å². The van der Waals surface area contributed by atoms with Crippen molar-refractivity contribution in [2.75, 3.05) is 5.32 Å². The number of aryl methyl sites for hydroxylation is 1. The minimum atomic E-state index is -0.276. The number of urea groups is 1. The lowest BCUT2D eigenvalue weighted by atomic mass is 10.2. The van der Waals surface area contributed by atoms with Crippen molar-refractivity contribution in [3.8, 4) is 0 Å². The van der Waals surface area contributed by atoms with Gasteiger partial charge in [-0.2, -0.15) is 0 Å². The summed E-state index contributed by atoms with van der Waals surface area (Å²) in [6.45, 7) is 3.78. The summed E-state index contributed by atoms with van der Waals surface area (Å²) < 4.78 is 0. The molecule has 3 aromatic rings. The number of nitrogens with zero attached hydrogens (tertiary/aromatic N) is 2. The van der Waals surface area contributed by atoms with E-state index in [2.05, 4.69) is 25.6 Å². The van der Waals surface area contributed by atoms with Crippen LogP contribution in [0.25, 0.3) is 11.0 Å². The Morgan fingerprint density at radius 2 is 2.09 bits per heavy atom. The number of rotatable bonds is 3. The SMILES string of the molecule is Cc1cnccc1NC(=O)N[C@H](C)c1nc2ccccc2[nH]1. The molecule has 0 fully saturated rings. The summed E-state index contributed by atoms with van der Waals surface area (Å²) in [7, 11) is 0. The maximum absolute atomic E-state index is 12.1. The van der Waals surface area contributed by atoms with E-state index in [9.17, 15) is 4.79 Å². The maximum Gasteiger partial charge on any atom is 0.319 e. The van der Waals surface area contributed by atoms with E-state index in [1.165, 1.54) is 0 Å². The van der Waals surface area contributed by atoms with Gasteiger partial charge in [0.15, 0.2) is 0 Å². The molecule has 6 nitrogen and oxygen atoms in total. The Labute approximate surface area is 128 Å². The lowest BCUT2D eigenvalue weighted by molar-refractivity contribution is 0.249. The minimum absolute atomic E-state index is 0.227. The van der Waals surface area contributed by atoms with E-state index in [1.54, 1.807) is 18.5 Å². The van der Waals surface area contributed by atoms with E-state index in [-0.39, 0.29) is 12.1 Å². The molecule has 2 heterocycles. The molecule has 1 aromatic carbocycles. The van der Waals surface area contributed by atoms with Crippen LogP contribution in [0.1, 0.15) is 24.4 Å². The van der Waals surface area contributed by atoms with Gasteiger partial charge in [0.25, 0.3) is 0 Å². The molecule has 0 spiro atoms. The Balaban J connectivity index is 1.69. The standard InChI is InChI=1S/C16H17N5O/c1-10-9-17-8-7-12(10)21-16(22)18-11(2)15-19-13-5-3-4-6-14(13)20-15/h3-9,11H,1-2H3,(H,19,20)(H2,17,18,21,22)/t11-/m1/s1. The molecule has 0 aliphatic rings. The number of nitrogens with one attached hydrogen (secondary N) is 3. The molecule has 0 saturated carbocycles. The Kier molecular flexibility index (Phi) is 3.74. The van der Waals surface area contributed by atoms with E-state index in [1.807, 2.05) is 38.1 Å². The highest BCUT2D eigenvalue weighted by Gasteiger charge is 2.14. The van der Waals surface area contributed by atoms with Crippen molar-refractivity contribution in [3.05, 3.63) is 54.1 Å². The van der Waals surface area contributed by atoms with Crippen LogP contribution >= 0.6 is 0 Å². The number of hydrogen-bond acceptors (Lipinski definition) is 3. The van der Waals surface area contributed by atoms with Crippen LogP contribution in [-0.4, -0.2) is 21.0 Å². The normalized spacial score (nSPS) is 12.1. The van der Waals surface area contributed by atoms with Crippen LogP contribution in [0.5, 0.6) is 0 Å². The smallest absolute Gasteiger partial charge is 0.319 e. The highest BCUT2D eigenvalue weighted by Crippen LogP contribution is 2.16. The van der Waals surface area contributed by atoms with Crippen molar-refractivity contribution in [2.45, 2.75) is 19.9 Å². The highest BCUT2D eigenvalue weighted by molar-refractivity contribution is 5.90. The summed E-state index contributed by atoms with van der Waals surface area (Å²) in [4.78, 5) is 23.8. The van der Waals surface area contributed by atoms with Gasteiger partial charge >= 0.3 is 6.03 Å². The number of H-pyrrole nitrogens is 1. The number of para-hydroxylation sites is 2. The van der Waals surface area contributed by atoms with Gasteiger partial charge < -0.3 is 15.6 Å². The van der Waals surface area contributed by atoms with Crippen molar-refractivity contribution in [1.82, 2.24) is 20.3 Å². The second-order valence-electron chi connectivity index (χ2n) is 5.15. The van der Waals surface area contributed by atoms with Crippen LogP contribution in [0.3, 0.4) is 0 Å². The molecule has 0 unspecified atom stereocenters. The Morgan fingerprint density at radius 1 is 1.27 bits per heavy atom. The first kappa shape index (κ1) is 14.1. The fourth-order valence-electron chi connectivity index (χ4n) is 2.21. The van der Waals surface area contributed by atoms with Crippen LogP contribution in [0.15, 0.2) is 42.7 Å². The van der Waals surface area contributed by atoms with Gasteiger partial charge in [0, 0.05) is 18.1 Å². The topological polar surface area (TPSA) is 82.7 Å². The first-order valence-corrected chi connectivity index (χ1v) is 7.06. The predicted octanol–water partition coefficient (Wildman–Crippen LogP) is 3.15. The third-order valence-electron chi connectivity index (χ3n) is 3.43. The van der Waals surface area contributed by atoms with Crippen molar-refractivity contribution in [1.29, 1.82) is 0 Å². The monoisotopic (exact) mass is 295 g/mol. The molecule has 2 aromatic heterocycles. The van der Waals surface area contributed by atoms with Crippen LogP contribution in [-0.2, 0) is 0 Å². The van der Waals surface area contributed by atoms with Gasteiger partial charge in [-0.15, -0.1) is 0 Å². The first-order valence-electron chi connectivity index (χ1n) is 7.06. The molecule has 22 heavy (non-hydrogen) atoms. The van der Waals surface area contributed by atoms with Crippen molar-refractivity contribution >= 4 is 22.8 Å². The fourth-order valence-corrected chi connectivity index (χ4v) is 2.21. The summed E-state index contributed by atoms with van der Waals surface area (Å²) >= 11 is 0. The fraction of sp³-hybridized carbons (Fsp3) is 0.188. The molecule has 6 heteroatoms. The molecule has 112 valence electrons. The number of fused-ring (bicyclic) bond motifs is 1. The average Bonchev–Trinajstić information content (AvgIpc) is 2.93.